The zero-order valence-corrected chi connectivity index (χ0v) is 11.3. The van der Waals surface area contributed by atoms with Crippen molar-refractivity contribution in [2.45, 2.75) is 25.6 Å². The molecule has 0 saturated heterocycles. The number of aliphatic hydroxyl groups is 2. The van der Waals surface area contributed by atoms with E-state index >= 15 is 0 Å². The minimum absolute atomic E-state index is 0.222. The molecule has 2 N–H and O–H groups in total. The third-order valence-corrected chi connectivity index (χ3v) is 2.90. The molecule has 100 valence electrons. The van der Waals surface area contributed by atoms with Gasteiger partial charge in [-0.05, 0) is 25.1 Å². The average molecular weight is 293 g/mol. The first-order valence-corrected chi connectivity index (χ1v) is 6.18. The van der Waals surface area contributed by atoms with Crippen LogP contribution in [0.3, 0.4) is 0 Å². The van der Waals surface area contributed by atoms with Crippen molar-refractivity contribution in [3.05, 3.63) is 33.8 Å². The maximum atomic E-state index is 11.2. The van der Waals surface area contributed by atoms with Crippen molar-refractivity contribution in [1.29, 1.82) is 0 Å². The molecule has 6 heteroatoms. The Morgan fingerprint density at radius 1 is 1.39 bits per heavy atom. The second-order valence-electron chi connectivity index (χ2n) is 3.69. The number of hydrogen-bond acceptors (Lipinski definition) is 4. The molecule has 0 aliphatic rings. The van der Waals surface area contributed by atoms with E-state index in [0.717, 1.165) is 0 Å². The maximum absolute atomic E-state index is 11.2. The van der Waals surface area contributed by atoms with Crippen LogP contribution in [0.1, 0.15) is 25.0 Å². The quantitative estimate of drug-likeness (QED) is 0.818. The standard InChI is InChI=1S/C12H14Cl2O4/c1-2-18-11(16)6-10(15)12(17)8-5-7(13)3-4-9(8)14/h3-5,10,12,15,17H,2,6H2,1H3. The number of carbonyl (C=O) groups excluding carboxylic acids is 1. The normalized spacial score (nSPS) is 14.1. The van der Waals surface area contributed by atoms with E-state index in [4.69, 9.17) is 23.2 Å². The molecule has 0 radical (unpaired) electrons. The van der Waals surface area contributed by atoms with Crippen molar-refractivity contribution >= 4 is 29.2 Å². The van der Waals surface area contributed by atoms with Crippen LogP contribution < -0.4 is 0 Å². The summed E-state index contributed by atoms with van der Waals surface area (Å²) in [6.07, 6.45) is -2.89. The van der Waals surface area contributed by atoms with Crippen LogP contribution in [0.4, 0.5) is 0 Å². The molecule has 0 spiro atoms. The zero-order valence-electron chi connectivity index (χ0n) is 9.77. The lowest BCUT2D eigenvalue weighted by molar-refractivity contribution is -0.147. The monoisotopic (exact) mass is 292 g/mol. The second-order valence-corrected chi connectivity index (χ2v) is 4.53. The molecule has 0 aliphatic carbocycles. The van der Waals surface area contributed by atoms with E-state index in [1.54, 1.807) is 13.0 Å². The molecule has 2 atom stereocenters. The zero-order chi connectivity index (χ0) is 13.7. The molecule has 0 amide bonds. The van der Waals surface area contributed by atoms with Gasteiger partial charge in [0.15, 0.2) is 0 Å². The number of ether oxygens (including phenoxy) is 1. The molecule has 1 rings (SSSR count). The van der Waals surface area contributed by atoms with Crippen LogP contribution in [-0.2, 0) is 9.53 Å². The summed E-state index contributed by atoms with van der Waals surface area (Å²) in [4.78, 5) is 11.2. The summed E-state index contributed by atoms with van der Waals surface area (Å²) in [6.45, 7) is 1.88. The van der Waals surface area contributed by atoms with Gasteiger partial charge < -0.3 is 14.9 Å². The minimum atomic E-state index is -1.29. The number of rotatable bonds is 5. The Labute approximate surface area is 115 Å². The fourth-order valence-electron chi connectivity index (χ4n) is 1.45. The third-order valence-electron chi connectivity index (χ3n) is 2.32. The predicted molar refractivity (Wildman–Crippen MR) is 68.7 cm³/mol. The van der Waals surface area contributed by atoms with Gasteiger partial charge in [0.25, 0.3) is 0 Å². The molecular formula is C12H14Cl2O4. The van der Waals surface area contributed by atoms with Crippen molar-refractivity contribution in [2.24, 2.45) is 0 Å². The van der Waals surface area contributed by atoms with E-state index in [1.807, 2.05) is 0 Å². The Hall–Kier alpha value is -0.810. The molecule has 0 aromatic heterocycles. The van der Waals surface area contributed by atoms with E-state index in [1.165, 1.54) is 12.1 Å². The molecule has 1 aromatic carbocycles. The van der Waals surface area contributed by atoms with E-state index in [9.17, 15) is 15.0 Å². The van der Waals surface area contributed by atoms with Crippen LogP contribution >= 0.6 is 23.2 Å². The summed E-state index contributed by atoms with van der Waals surface area (Å²) >= 11 is 11.7. The molecule has 0 aliphatic heterocycles. The molecule has 0 fully saturated rings. The number of hydrogen-bond donors (Lipinski definition) is 2. The van der Waals surface area contributed by atoms with E-state index in [-0.39, 0.29) is 23.6 Å². The van der Waals surface area contributed by atoms with Gasteiger partial charge in [-0.1, -0.05) is 23.2 Å². The molecule has 2 unspecified atom stereocenters. The van der Waals surface area contributed by atoms with Gasteiger partial charge in [-0.25, -0.2) is 0 Å². The SMILES string of the molecule is CCOC(=O)CC(O)C(O)c1cc(Cl)ccc1Cl. The fourth-order valence-corrected chi connectivity index (χ4v) is 1.86. The lowest BCUT2D eigenvalue weighted by atomic mass is 10.0. The van der Waals surface area contributed by atoms with Crippen molar-refractivity contribution < 1.29 is 19.7 Å². The van der Waals surface area contributed by atoms with Gasteiger partial charge >= 0.3 is 5.97 Å². The highest BCUT2D eigenvalue weighted by molar-refractivity contribution is 6.33. The number of halogens is 2. The smallest absolute Gasteiger partial charge is 0.308 e. The highest BCUT2D eigenvalue weighted by Crippen LogP contribution is 2.29. The highest BCUT2D eigenvalue weighted by Gasteiger charge is 2.24. The van der Waals surface area contributed by atoms with Gasteiger partial charge in [0, 0.05) is 15.6 Å². The maximum Gasteiger partial charge on any atom is 0.308 e. The third kappa shape index (κ3) is 4.14. The minimum Gasteiger partial charge on any atom is -0.466 e. The van der Waals surface area contributed by atoms with Crippen molar-refractivity contribution in [3.8, 4) is 0 Å². The van der Waals surface area contributed by atoms with Gasteiger partial charge in [-0.3, -0.25) is 4.79 Å². The van der Waals surface area contributed by atoms with Crippen LogP contribution in [0.15, 0.2) is 18.2 Å². The summed E-state index contributed by atoms with van der Waals surface area (Å²) < 4.78 is 4.68. The van der Waals surface area contributed by atoms with E-state index in [2.05, 4.69) is 4.74 Å². The Morgan fingerprint density at radius 2 is 2.06 bits per heavy atom. The first-order valence-electron chi connectivity index (χ1n) is 5.42. The molecule has 0 bridgehead atoms. The van der Waals surface area contributed by atoms with Crippen molar-refractivity contribution in [3.63, 3.8) is 0 Å². The average Bonchev–Trinajstić information content (AvgIpc) is 2.31. The Morgan fingerprint density at radius 3 is 2.67 bits per heavy atom. The van der Waals surface area contributed by atoms with Gasteiger partial charge in [-0.2, -0.15) is 0 Å². The number of carbonyl (C=O) groups is 1. The lowest BCUT2D eigenvalue weighted by Crippen LogP contribution is -2.23. The molecule has 4 nitrogen and oxygen atoms in total. The number of aliphatic hydroxyl groups excluding tert-OH is 2. The molecule has 0 saturated carbocycles. The molecule has 0 heterocycles. The summed E-state index contributed by atoms with van der Waals surface area (Å²) in [5, 5.41) is 20.3. The van der Waals surface area contributed by atoms with Crippen LogP contribution in [-0.4, -0.2) is 28.9 Å². The summed E-state index contributed by atoms with van der Waals surface area (Å²) in [5.74, 6) is -0.581. The van der Waals surface area contributed by atoms with Crippen LogP contribution in [0, 0.1) is 0 Å². The van der Waals surface area contributed by atoms with Crippen LogP contribution in [0.25, 0.3) is 0 Å². The first kappa shape index (κ1) is 15.2. The number of benzene rings is 1. The largest absolute Gasteiger partial charge is 0.466 e. The number of esters is 1. The first-order chi connectivity index (χ1) is 8.45. The van der Waals surface area contributed by atoms with Crippen molar-refractivity contribution in [1.82, 2.24) is 0 Å². The van der Waals surface area contributed by atoms with E-state index in [0.29, 0.717) is 5.02 Å². The summed E-state index contributed by atoms with van der Waals surface area (Å²) in [6, 6.07) is 4.53. The second kappa shape index (κ2) is 6.95. The van der Waals surface area contributed by atoms with Gasteiger partial charge in [-0.15, -0.1) is 0 Å². The van der Waals surface area contributed by atoms with Gasteiger partial charge in [0.05, 0.1) is 19.1 Å². The molecular weight excluding hydrogens is 279 g/mol. The Balaban J connectivity index is 2.76. The fraction of sp³-hybridized carbons (Fsp3) is 0.417. The molecule has 18 heavy (non-hydrogen) atoms. The Bertz CT molecular complexity index is 423. The highest BCUT2D eigenvalue weighted by atomic mass is 35.5. The lowest BCUT2D eigenvalue weighted by Gasteiger charge is -2.18. The topological polar surface area (TPSA) is 66.8 Å². The van der Waals surface area contributed by atoms with Gasteiger partial charge in [0.2, 0.25) is 0 Å². The summed E-state index contributed by atoms with van der Waals surface area (Å²) in [7, 11) is 0. The van der Waals surface area contributed by atoms with Gasteiger partial charge in [0.1, 0.15) is 6.10 Å². The van der Waals surface area contributed by atoms with Crippen molar-refractivity contribution in [2.75, 3.05) is 6.61 Å². The van der Waals surface area contributed by atoms with E-state index < -0.39 is 18.2 Å². The van der Waals surface area contributed by atoms with Crippen LogP contribution in [0.2, 0.25) is 10.0 Å². The Kier molecular flexibility index (Phi) is 5.88. The van der Waals surface area contributed by atoms with Crippen LogP contribution in [0.5, 0.6) is 0 Å². The molecule has 1 aromatic rings. The predicted octanol–water partition coefficient (Wildman–Crippen LogP) is 2.34. The summed E-state index contributed by atoms with van der Waals surface area (Å²) in [5.41, 5.74) is 0.279.